The highest BCUT2D eigenvalue weighted by Gasteiger charge is 2.00. The minimum Gasteiger partial charge on any atom is -0.273 e. The quantitative estimate of drug-likeness (QED) is 0.262. The van der Waals surface area contributed by atoms with Crippen LogP contribution in [0.2, 0.25) is 0 Å². The predicted octanol–water partition coefficient (Wildman–Crippen LogP) is 0.456. The lowest BCUT2D eigenvalue weighted by molar-refractivity contribution is 0.220. The van der Waals surface area contributed by atoms with Gasteiger partial charge in [-0.3, -0.25) is 10.8 Å². The van der Waals surface area contributed by atoms with E-state index in [1.807, 2.05) is 6.08 Å². The summed E-state index contributed by atoms with van der Waals surface area (Å²) in [6.45, 7) is 6.99. The summed E-state index contributed by atoms with van der Waals surface area (Å²) in [6, 6.07) is 0.137. The van der Waals surface area contributed by atoms with Crippen LogP contribution in [0.15, 0.2) is 29.9 Å². The SMILES string of the molecule is C=CC(C/C=C\N=C)NN(C)N. The third-order valence-corrected chi connectivity index (χ3v) is 1.25. The average molecular weight is 168 g/mol. The molecule has 12 heavy (non-hydrogen) atoms. The van der Waals surface area contributed by atoms with E-state index in [9.17, 15) is 0 Å². The molecule has 0 heterocycles. The Morgan fingerprint density at radius 3 is 2.83 bits per heavy atom. The van der Waals surface area contributed by atoms with Crippen molar-refractivity contribution in [2.45, 2.75) is 12.5 Å². The number of rotatable bonds is 6. The zero-order valence-electron chi connectivity index (χ0n) is 7.40. The maximum absolute atomic E-state index is 5.39. The Hall–Kier alpha value is -0.970. The maximum Gasteiger partial charge on any atom is 0.0440 e. The molecule has 0 aromatic carbocycles. The van der Waals surface area contributed by atoms with Crippen LogP contribution in [0, 0.1) is 0 Å². The Labute approximate surface area is 73.4 Å². The largest absolute Gasteiger partial charge is 0.273 e. The van der Waals surface area contributed by atoms with Crippen molar-refractivity contribution in [3.05, 3.63) is 24.9 Å². The number of nitrogens with zero attached hydrogens (tertiary/aromatic N) is 2. The lowest BCUT2D eigenvalue weighted by Crippen LogP contribution is -2.45. The molecule has 0 aliphatic rings. The van der Waals surface area contributed by atoms with Gasteiger partial charge in [0.05, 0.1) is 0 Å². The van der Waals surface area contributed by atoms with E-state index >= 15 is 0 Å². The van der Waals surface area contributed by atoms with E-state index in [1.54, 1.807) is 19.3 Å². The second-order valence-electron chi connectivity index (χ2n) is 2.39. The van der Waals surface area contributed by atoms with Gasteiger partial charge in [0.1, 0.15) is 0 Å². The number of hydrogen-bond acceptors (Lipinski definition) is 4. The van der Waals surface area contributed by atoms with Gasteiger partial charge in [-0.1, -0.05) is 12.2 Å². The smallest absolute Gasteiger partial charge is 0.0440 e. The van der Waals surface area contributed by atoms with Gasteiger partial charge in [0.15, 0.2) is 0 Å². The van der Waals surface area contributed by atoms with Gasteiger partial charge in [-0.25, -0.2) is 5.43 Å². The first-order valence-corrected chi connectivity index (χ1v) is 3.68. The highest BCUT2D eigenvalue weighted by Crippen LogP contribution is 1.94. The molecule has 0 amide bonds. The third-order valence-electron chi connectivity index (χ3n) is 1.25. The van der Waals surface area contributed by atoms with Crippen LogP contribution in [-0.4, -0.2) is 24.9 Å². The molecule has 0 aliphatic carbocycles. The number of hydrogen-bond donors (Lipinski definition) is 2. The number of aliphatic imine (C=N–C) groups is 1. The second kappa shape index (κ2) is 6.72. The molecule has 68 valence electrons. The molecule has 0 spiro atoms. The molecule has 0 aromatic heterocycles. The van der Waals surface area contributed by atoms with E-state index in [0.29, 0.717) is 0 Å². The highest BCUT2D eigenvalue weighted by atomic mass is 15.7. The Kier molecular flexibility index (Phi) is 6.18. The van der Waals surface area contributed by atoms with Crippen molar-refractivity contribution in [2.75, 3.05) is 7.05 Å². The van der Waals surface area contributed by atoms with Gasteiger partial charge < -0.3 is 0 Å². The van der Waals surface area contributed by atoms with Crippen molar-refractivity contribution in [1.29, 1.82) is 0 Å². The van der Waals surface area contributed by atoms with Crippen molar-refractivity contribution < 1.29 is 0 Å². The summed E-state index contributed by atoms with van der Waals surface area (Å²) >= 11 is 0. The fourth-order valence-electron chi connectivity index (χ4n) is 0.745. The molecule has 0 rings (SSSR count). The molecule has 0 saturated carbocycles. The van der Waals surface area contributed by atoms with Crippen molar-refractivity contribution in [1.82, 2.24) is 10.5 Å². The normalized spacial score (nSPS) is 13.6. The van der Waals surface area contributed by atoms with E-state index in [2.05, 4.69) is 23.7 Å². The van der Waals surface area contributed by atoms with Crippen molar-refractivity contribution in [2.24, 2.45) is 10.8 Å². The van der Waals surface area contributed by atoms with E-state index in [1.165, 1.54) is 5.12 Å². The fourth-order valence-corrected chi connectivity index (χ4v) is 0.745. The zero-order chi connectivity index (χ0) is 9.40. The van der Waals surface area contributed by atoms with Crippen LogP contribution in [0.3, 0.4) is 0 Å². The Morgan fingerprint density at radius 2 is 2.42 bits per heavy atom. The Bertz CT molecular complexity index is 162. The van der Waals surface area contributed by atoms with E-state index in [0.717, 1.165) is 6.42 Å². The van der Waals surface area contributed by atoms with Gasteiger partial charge in [-0.2, -0.15) is 5.12 Å². The number of nitrogens with one attached hydrogen (secondary N) is 1. The van der Waals surface area contributed by atoms with Crippen LogP contribution in [-0.2, 0) is 0 Å². The summed E-state index contributed by atoms with van der Waals surface area (Å²) in [6.07, 6.45) is 6.13. The van der Waals surface area contributed by atoms with E-state index in [-0.39, 0.29) is 6.04 Å². The number of nitrogens with two attached hydrogens (primary N) is 1. The van der Waals surface area contributed by atoms with Gasteiger partial charge >= 0.3 is 0 Å². The first kappa shape index (κ1) is 11.0. The maximum atomic E-state index is 5.39. The molecular weight excluding hydrogens is 152 g/mol. The van der Waals surface area contributed by atoms with Gasteiger partial charge in [-0.05, 0) is 13.1 Å². The summed E-state index contributed by atoms with van der Waals surface area (Å²) < 4.78 is 0. The summed E-state index contributed by atoms with van der Waals surface area (Å²) in [5.41, 5.74) is 2.97. The summed E-state index contributed by atoms with van der Waals surface area (Å²) in [5, 5.41) is 1.40. The molecule has 3 N–H and O–H groups in total. The molecule has 1 unspecified atom stereocenters. The lowest BCUT2D eigenvalue weighted by atomic mass is 10.2. The Balaban J connectivity index is 3.74. The van der Waals surface area contributed by atoms with Gasteiger partial charge in [-0.15, -0.1) is 6.58 Å². The second-order valence-corrected chi connectivity index (χ2v) is 2.39. The summed E-state index contributed by atoms with van der Waals surface area (Å²) in [7, 11) is 1.73. The van der Waals surface area contributed by atoms with Crippen LogP contribution in [0.4, 0.5) is 0 Å². The average Bonchev–Trinajstić information content (AvgIpc) is 2.02. The van der Waals surface area contributed by atoms with Crippen molar-refractivity contribution >= 4 is 6.72 Å². The standard InChI is InChI=1S/C8H16N4/c1-4-8(11-12(3)9)6-5-7-10-2/h4-5,7-8,11H,1-2,6,9H2,3H3/b7-5-. The molecule has 0 aliphatic heterocycles. The molecule has 0 fully saturated rings. The molecule has 0 saturated heterocycles. The zero-order valence-corrected chi connectivity index (χ0v) is 7.40. The van der Waals surface area contributed by atoms with Crippen LogP contribution in [0.25, 0.3) is 0 Å². The minimum absolute atomic E-state index is 0.137. The van der Waals surface area contributed by atoms with Crippen LogP contribution >= 0.6 is 0 Å². The van der Waals surface area contributed by atoms with Gasteiger partial charge in [0, 0.05) is 19.3 Å². The summed E-state index contributed by atoms with van der Waals surface area (Å²) in [4.78, 5) is 3.58. The van der Waals surface area contributed by atoms with E-state index in [4.69, 9.17) is 5.84 Å². The molecule has 0 aromatic rings. The molecule has 4 nitrogen and oxygen atoms in total. The summed E-state index contributed by atoms with van der Waals surface area (Å²) in [5.74, 6) is 5.39. The van der Waals surface area contributed by atoms with Crippen LogP contribution in [0.5, 0.6) is 0 Å². The molecule has 4 heteroatoms. The molecular formula is C8H16N4. The fraction of sp³-hybridized carbons (Fsp3) is 0.375. The van der Waals surface area contributed by atoms with E-state index < -0.39 is 0 Å². The predicted molar refractivity (Wildman–Crippen MR) is 52.4 cm³/mol. The first-order chi connectivity index (χ1) is 5.70. The van der Waals surface area contributed by atoms with Crippen molar-refractivity contribution in [3.8, 4) is 0 Å². The Morgan fingerprint density at radius 1 is 1.75 bits per heavy atom. The third kappa shape index (κ3) is 5.79. The van der Waals surface area contributed by atoms with Crippen molar-refractivity contribution in [3.63, 3.8) is 0 Å². The topological polar surface area (TPSA) is 53.7 Å². The number of hydrazine groups is 2. The first-order valence-electron chi connectivity index (χ1n) is 3.68. The monoisotopic (exact) mass is 168 g/mol. The molecule has 1 atom stereocenters. The highest BCUT2D eigenvalue weighted by molar-refractivity contribution is 5.25. The van der Waals surface area contributed by atoms with Gasteiger partial charge in [0.2, 0.25) is 0 Å². The minimum atomic E-state index is 0.137. The molecule has 0 bridgehead atoms. The van der Waals surface area contributed by atoms with Crippen LogP contribution in [0.1, 0.15) is 6.42 Å². The lowest BCUT2D eigenvalue weighted by Gasteiger charge is -2.17. The molecule has 0 radical (unpaired) electrons. The van der Waals surface area contributed by atoms with Crippen LogP contribution < -0.4 is 11.3 Å². The van der Waals surface area contributed by atoms with Gasteiger partial charge in [0.25, 0.3) is 0 Å².